The van der Waals surface area contributed by atoms with Crippen LogP contribution in [0.3, 0.4) is 0 Å². The molecule has 0 radical (unpaired) electrons. The zero-order valence-corrected chi connectivity index (χ0v) is 37.9. The number of unbranched alkanes of at least 4 members (excludes halogenated alkanes) is 14. The molecule has 0 saturated carbocycles. The molecule has 0 rings (SSSR count). The van der Waals surface area contributed by atoms with Crippen molar-refractivity contribution in [2.45, 2.75) is 160 Å². The Balaban J connectivity index is 3.66. The Morgan fingerprint density at radius 2 is 0.903 bits per heavy atom. The average Bonchev–Trinajstić information content (AvgIpc) is 3.24. The van der Waals surface area contributed by atoms with Gasteiger partial charge in [0.1, 0.15) is 25.0 Å². The molecule has 2 unspecified atom stereocenters. The molecule has 0 saturated heterocycles. The summed E-state index contributed by atoms with van der Waals surface area (Å²) in [7, 11) is 1.77. The number of ether oxygens (including phenoxy) is 4. The van der Waals surface area contributed by atoms with Crippen LogP contribution < -0.4 is 26.6 Å². The summed E-state index contributed by atoms with van der Waals surface area (Å²) in [6, 6.07) is -1.28. The molecule has 2 atom stereocenters. The lowest BCUT2D eigenvalue weighted by molar-refractivity contribution is -0.142. The molecular formula is C44H81N5O13. The predicted octanol–water partition coefficient (Wildman–Crippen LogP) is 3.81. The third-order valence-corrected chi connectivity index (χ3v) is 10.0. The summed E-state index contributed by atoms with van der Waals surface area (Å²) < 4.78 is 21.4. The Hall–Kier alpha value is -3.71. The fraction of sp³-hybridized carbons (Fsp3) is 0.841. The number of carboxylic acids is 2. The van der Waals surface area contributed by atoms with Gasteiger partial charge in [-0.05, 0) is 45.6 Å². The van der Waals surface area contributed by atoms with Gasteiger partial charge in [0.15, 0.2) is 0 Å². The number of Topliss-reactive ketones (excluding diaryl/α,β-unsaturated/α-hetero) is 1. The van der Waals surface area contributed by atoms with Crippen LogP contribution in [-0.4, -0.2) is 143 Å². The highest BCUT2D eigenvalue weighted by Gasteiger charge is 2.21. The van der Waals surface area contributed by atoms with Gasteiger partial charge in [0, 0.05) is 45.3 Å². The highest BCUT2D eigenvalue weighted by atomic mass is 16.5. The Morgan fingerprint density at radius 1 is 0.452 bits per heavy atom. The number of ketones is 1. The van der Waals surface area contributed by atoms with Gasteiger partial charge in [0.2, 0.25) is 23.6 Å². The Morgan fingerprint density at radius 3 is 1.37 bits per heavy atom. The summed E-state index contributed by atoms with van der Waals surface area (Å²) >= 11 is 0. The second-order valence-electron chi connectivity index (χ2n) is 15.4. The van der Waals surface area contributed by atoms with Crippen LogP contribution in [0.15, 0.2) is 0 Å². The van der Waals surface area contributed by atoms with Gasteiger partial charge in [-0.25, -0.2) is 4.79 Å². The molecule has 4 amide bonds. The fourth-order valence-corrected chi connectivity index (χ4v) is 6.38. The zero-order chi connectivity index (χ0) is 45.9. The van der Waals surface area contributed by atoms with Crippen molar-refractivity contribution in [1.29, 1.82) is 0 Å². The van der Waals surface area contributed by atoms with E-state index in [1.807, 2.05) is 6.92 Å². The van der Waals surface area contributed by atoms with E-state index in [-0.39, 0.29) is 127 Å². The van der Waals surface area contributed by atoms with Crippen molar-refractivity contribution in [2.75, 3.05) is 79.5 Å². The maximum absolute atomic E-state index is 12.3. The number of likely N-dealkylation sites (N-methyl/N-ethyl adjacent to an activating group) is 1. The van der Waals surface area contributed by atoms with Crippen LogP contribution in [0.25, 0.3) is 0 Å². The summed E-state index contributed by atoms with van der Waals surface area (Å²) in [5.74, 6) is -2.92. The first kappa shape index (κ1) is 58.3. The van der Waals surface area contributed by atoms with Crippen LogP contribution in [-0.2, 0) is 52.5 Å². The lowest BCUT2D eigenvalue weighted by atomic mass is 10.0. The molecule has 0 aromatic carbocycles. The van der Waals surface area contributed by atoms with E-state index in [1.165, 1.54) is 44.9 Å². The highest BCUT2D eigenvalue weighted by Crippen LogP contribution is 2.14. The van der Waals surface area contributed by atoms with E-state index in [4.69, 9.17) is 24.1 Å². The number of aliphatic carboxylic acids is 2. The third kappa shape index (κ3) is 39.2. The normalized spacial score (nSPS) is 12.0. The van der Waals surface area contributed by atoms with Gasteiger partial charge in [-0.3, -0.25) is 28.8 Å². The smallest absolute Gasteiger partial charge is 0.326 e. The average molecular weight is 888 g/mol. The van der Waals surface area contributed by atoms with Gasteiger partial charge in [-0.15, -0.1) is 0 Å². The second-order valence-corrected chi connectivity index (χ2v) is 15.4. The molecule has 0 spiro atoms. The first-order chi connectivity index (χ1) is 30.0. The zero-order valence-electron chi connectivity index (χ0n) is 37.9. The Labute approximate surface area is 369 Å². The molecule has 0 aromatic heterocycles. The summed E-state index contributed by atoms with van der Waals surface area (Å²) in [5.41, 5.74) is 0. The molecule has 18 heteroatoms. The van der Waals surface area contributed by atoms with Gasteiger partial charge in [-0.2, -0.15) is 0 Å². The van der Waals surface area contributed by atoms with Gasteiger partial charge >= 0.3 is 11.9 Å². The number of carbonyl (C=O) groups is 7. The quantitative estimate of drug-likeness (QED) is 0.0429. The summed E-state index contributed by atoms with van der Waals surface area (Å²) in [4.78, 5) is 82.3. The molecule has 0 aliphatic carbocycles. The van der Waals surface area contributed by atoms with Gasteiger partial charge in [0.05, 0.1) is 45.7 Å². The SMILES string of the molecule is CCC(=O)C(CCCCNC(=O)COCCOCCNC(=O)COCCOCCNC(=O)CCC(NC(=O)CCCCCCCCCCCCCCCCC(=O)O)C(=O)O)NC. The second kappa shape index (κ2) is 42.6. The third-order valence-electron chi connectivity index (χ3n) is 10.0. The van der Waals surface area contributed by atoms with E-state index >= 15 is 0 Å². The van der Waals surface area contributed by atoms with Crippen molar-refractivity contribution in [1.82, 2.24) is 26.6 Å². The highest BCUT2D eigenvalue weighted by molar-refractivity contribution is 5.84. The fourth-order valence-electron chi connectivity index (χ4n) is 6.38. The first-order valence-corrected chi connectivity index (χ1v) is 23.0. The monoisotopic (exact) mass is 888 g/mol. The lowest BCUT2D eigenvalue weighted by Crippen LogP contribution is -2.41. The number of amides is 4. The number of hydrogen-bond acceptors (Lipinski definition) is 12. The molecule has 0 fully saturated rings. The Kier molecular flexibility index (Phi) is 40.0. The van der Waals surface area contributed by atoms with E-state index in [0.717, 1.165) is 57.8 Å². The molecule has 0 aliphatic heterocycles. The molecule has 0 aliphatic rings. The van der Waals surface area contributed by atoms with Crippen LogP contribution in [0, 0.1) is 0 Å². The number of hydrogen-bond donors (Lipinski definition) is 7. The van der Waals surface area contributed by atoms with Gasteiger partial charge in [0.25, 0.3) is 0 Å². The minimum atomic E-state index is -1.18. The van der Waals surface area contributed by atoms with E-state index in [1.54, 1.807) is 7.05 Å². The minimum Gasteiger partial charge on any atom is -0.481 e. The molecule has 0 heterocycles. The molecular weight excluding hydrogens is 807 g/mol. The molecule has 7 N–H and O–H groups in total. The summed E-state index contributed by atoms with van der Waals surface area (Å²) in [5, 5.41) is 31.8. The minimum absolute atomic E-state index is 0.0257. The number of rotatable bonds is 46. The maximum Gasteiger partial charge on any atom is 0.326 e. The molecule has 360 valence electrons. The molecule has 62 heavy (non-hydrogen) atoms. The van der Waals surface area contributed by atoms with E-state index in [0.29, 0.717) is 19.4 Å². The summed E-state index contributed by atoms with van der Waals surface area (Å²) in [6.45, 7) is 3.96. The lowest BCUT2D eigenvalue weighted by Gasteiger charge is -2.14. The van der Waals surface area contributed by atoms with Crippen molar-refractivity contribution in [3.63, 3.8) is 0 Å². The molecule has 0 bridgehead atoms. The van der Waals surface area contributed by atoms with Crippen molar-refractivity contribution in [2.24, 2.45) is 0 Å². The van der Waals surface area contributed by atoms with Crippen LogP contribution in [0.1, 0.15) is 148 Å². The standard InChI is InChI=1S/C44H81N5O13/c1-3-38(50)36(45-2)20-18-19-25-46-41(53)34-61-32-31-60-29-27-48-42(54)35-62-33-30-59-28-26-47-39(51)24-23-37(44(57)58)49-40(52)21-16-14-12-10-8-6-4-5-7-9-11-13-15-17-22-43(55)56/h36-37,45H,3-35H2,1-2H3,(H,46,53)(H,47,51)(H,48,54)(H,49,52)(H,55,56)(H,57,58). The maximum atomic E-state index is 12.3. The summed E-state index contributed by atoms with van der Waals surface area (Å²) in [6.07, 6.45) is 18.3. The predicted molar refractivity (Wildman–Crippen MR) is 235 cm³/mol. The van der Waals surface area contributed by atoms with Crippen LogP contribution >= 0.6 is 0 Å². The van der Waals surface area contributed by atoms with Gasteiger partial charge < -0.3 is 55.7 Å². The van der Waals surface area contributed by atoms with Crippen molar-refractivity contribution < 1.29 is 62.7 Å². The topological polar surface area (TPSA) is 257 Å². The van der Waals surface area contributed by atoms with Gasteiger partial charge in [-0.1, -0.05) is 84.0 Å². The Bertz CT molecular complexity index is 1210. The number of carboxylic acid groups (broad SMARTS) is 2. The molecule has 18 nitrogen and oxygen atoms in total. The van der Waals surface area contributed by atoms with E-state index < -0.39 is 18.0 Å². The van der Waals surface area contributed by atoms with Crippen molar-refractivity contribution in [3.05, 3.63) is 0 Å². The van der Waals surface area contributed by atoms with E-state index in [9.17, 15) is 38.7 Å². The number of carbonyl (C=O) groups excluding carboxylic acids is 5. The van der Waals surface area contributed by atoms with Crippen molar-refractivity contribution >= 4 is 41.4 Å². The van der Waals surface area contributed by atoms with Crippen LogP contribution in [0.2, 0.25) is 0 Å². The first-order valence-electron chi connectivity index (χ1n) is 23.0. The number of nitrogens with one attached hydrogen (secondary N) is 5. The van der Waals surface area contributed by atoms with E-state index in [2.05, 4.69) is 26.6 Å². The van der Waals surface area contributed by atoms with Crippen molar-refractivity contribution in [3.8, 4) is 0 Å². The largest absolute Gasteiger partial charge is 0.481 e. The molecule has 0 aromatic rings. The van der Waals surface area contributed by atoms with Crippen LogP contribution in [0.4, 0.5) is 0 Å². The van der Waals surface area contributed by atoms with Crippen LogP contribution in [0.5, 0.6) is 0 Å².